The molecule has 4 rings (SSSR count). The van der Waals surface area contributed by atoms with Crippen LogP contribution in [-0.2, 0) is 4.79 Å². The lowest BCUT2D eigenvalue weighted by molar-refractivity contribution is -0.140. The zero-order valence-corrected chi connectivity index (χ0v) is 13.5. The summed E-state index contributed by atoms with van der Waals surface area (Å²) < 4.78 is 0. The van der Waals surface area contributed by atoms with E-state index in [0.29, 0.717) is 12.6 Å². The molecule has 0 spiro atoms. The van der Waals surface area contributed by atoms with Crippen LogP contribution >= 0.6 is 0 Å². The van der Waals surface area contributed by atoms with E-state index in [-0.39, 0.29) is 11.4 Å². The van der Waals surface area contributed by atoms with Gasteiger partial charge in [-0.1, -0.05) is 0 Å². The molecule has 0 aliphatic heterocycles. The molecule has 3 nitrogen and oxygen atoms in total. The number of amides is 1. The minimum atomic E-state index is 0.0144. The van der Waals surface area contributed by atoms with Crippen LogP contribution in [0.3, 0.4) is 0 Å². The SMILES string of the molecule is CN(C(=O)CNC(C)(C)C)C1C2CC3CC(C2)CC1C3. The molecule has 4 saturated carbocycles. The summed E-state index contributed by atoms with van der Waals surface area (Å²) in [6.45, 7) is 6.82. The molecule has 3 heteroatoms. The van der Waals surface area contributed by atoms with Crippen molar-refractivity contribution in [2.45, 2.75) is 64.5 Å². The van der Waals surface area contributed by atoms with E-state index in [2.05, 4.69) is 31.0 Å². The van der Waals surface area contributed by atoms with Crippen LogP contribution in [0.15, 0.2) is 0 Å². The van der Waals surface area contributed by atoms with E-state index in [0.717, 1.165) is 23.7 Å². The fraction of sp³-hybridized carbons (Fsp3) is 0.941. The quantitative estimate of drug-likeness (QED) is 0.861. The molecule has 0 aromatic carbocycles. The van der Waals surface area contributed by atoms with Gasteiger partial charge in [0.05, 0.1) is 6.54 Å². The first-order chi connectivity index (χ1) is 9.33. The smallest absolute Gasteiger partial charge is 0.236 e. The second kappa shape index (κ2) is 5.01. The number of hydrogen-bond donors (Lipinski definition) is 1. The summed E-state index contributed by atoms with van der Waals surface area (Å²) in [5.74, 6) is 3.80. The molecule has 0 aromatic heterocycles. The zero-order valence-electron chi connectivity index (χ0n) is 13.5. The maximum Gasteiger partial charge on any atom is 0.236 e. The molecule has 4 bridgehead atoms. The highest BCUT2D eigenvalue weighted by molar-refractivity contribution is 5.78. The normalized spacial score (nSPS) is 39.1. The van der Waals surface area contributed by atoms with Crippen LogP contribution in [0.1, 0.15) is 52.9 Å². The van der Waals surface area contributed by atoms with Gasteiger partial charge in [-0.25, -0.2) is 0 Å². The molecule has 0 radical (unpaired) electrons. The first-order valence-electron chi connectivity index (χ1n) is 8.34. The first-order valence-corrected chi connectivity index (χ1v) is 8.34. The lowest BCUT2D eigenvalue weighted by Gasteiger charge is -2.56. The summed E-state index contributed by atoms with van der Waals surface area (Å²) in [6, 6.07) is 0.525. The summed E-state index contributed by atoms with van der Waals surface area (Å²) in [6.07, 6.45) is 6.98. The van der Waals surface area contributed by atoms with Crippen LogP contribution in [0.5, 0.6) is 0 Å². The fourth-order valence-electron chi connectivity index (χ4n) is 5.16. The number of nitrogens with one attached hydrogen (secondary N) is 1. The summed E-state index contributed by atoms with van der Waals surface area (Å²) in [7, 11) is 2.04. The van der Waals surface area contributed by atoms with E-state index in [4.69, 9.17) is 0 Å². The van der Waals surface area contributed by atoms with Gasteiger partial charge in [0.25, 0.3) is 0 Å². The van der Waals surface area contributed by atoms with Crippen molar-refractivity contribution in [3.8, 4) is 0 Å². The van der Waals surface area contributed by atoms with Crippen molar-refractivity contribution in [1.29, 1.82) is 0 Å². The van der Waals surface area contributed by atoms with Crippen molar-refractivity contribution in [3.63, 3.8) is 0 Å². The van der Waals surface area contributed by atoms with Crippen molar-refractivity contribution < 1.29 is 4.79 Å². The molecule has 4 fully saturated rings. The van der Waals surface area contributed by atoms with E-state index in [1.807, 2.05) is 7.05 Å². The third-order valence-electron chi connectivity index (χ3n) is 5.79. The van der Waals surface area contributed by atoms with Gasteiger partial charge in [0.15, 0.2) is 0 Å². The van der Waals surface area contributed by atoms with Crippen LogP contribution in [0.25, 0.3) is 0 Å². The predicted octanol–water partition coefficient (Wildman–Crippen LogP) is 2.66. The van der Waals surface area contributed by atoms with Crippen LogP contribution in [-0.4, -0.2) is 36.0 Å². The highest BCUT2D eigenvalue weighted by Gasteiger charge is 2.50. The van der Waals surface area contributed by atoms with Crippen LogP contribution < -0.4 is 5.32 Å². The Balaban J connectivity index is 1.62. The summed E-state index contributed by atoms with van der Waals surface area (Å²) in [5, 5.41) is 3.33. The number of nitrogens with zero attached hydrogens (tertiary/aromatic N) is 1. The second-order valence-electron chi connectivity index (χ2n) is 8.53. The Morgan fingerprint density at radius 3 is 2.00 bits per heavy atom. The molecule has 1 N–H and O–H groups in total. The lowest BCUT2D eigenvalue weighted by Crippen LogP contribution is -2.57. The molecule has 1 amide bonds. The molecular weight excluding hydrogens is 248 g/mol. The van der Waals surface area contributed by atoms with Gasteiger partial charge in [-0.3, -0.25) is 4.79 Å². The number of hydrogen-bond acceptors (Lipinski definition) is 2. The molecule has 4 aliphatic rings. The van der Waals surface area contributed by atoms with Crippen LogP contribution in [0.4, 0.5) is 0 Å². The summed E-state index contributed by atoms with van der Waals surface area (Å²) in [5.41, 5.74) is 0.0144. The monoisotopic (exact) mass is 278 g/mol. The van der Waals surface area contributed by atoms with E-state index >= 15 is 0 Å². The predicted molar refractivity (Wildman–Crippen MR) is 81.4 cm³/mol. The number of carbonyl (C=O) groups excluding carboxylic acids is 1. The molecule has 0 unspecified atom stereocenters. The summed E-state index contributed by atoms with van der Waals surface area (Å²) in [4.78, 5) is 14.6. The first kappa shape index (κ1) is 14.4. The zero-order chi connectivity index (χ0) is 14.5. The Labute approximate surface area is 123 Å². The molecule has 0 heterocycles. The number of likely N-dealkylation sites (N-methyl/N-ethyl adjacent to an activating group) is 1. The van der Waals surface area contributed by atoms with Gasteiger partial charge >= 0.3 is 0 Å². The van der Waals surface area contributed by atoms with Gasteiger partial charge in [-0.05, 0) is 76.5 Å². The van der Waals surface area contributed by atoms with Crippen molar-refractivity contribution >= 4 is 5.91 Å². The van der Waals surface area contributed by atoms with Gasteiger partial charge in [0.2, 0.25) is 5.91 Å². The molecule has 4 aliphatic carbocycles. The summed E-state index contributed by atoms with van der Waals surface area (Å²) >= 11 is 0. The molecule has 20 heavy (non-hydrogen) atoms. The van der Waals surface area contributed by atoms with Crippen molar-refractivity contribution in [2.75, 3.05) is 13.6 Å². The molecule has 114 valence electrons. The second-order valence-corrected chi connectivity index (χ2v) is 8.53. The number of carbonyl (C=O) groups is 1. The number of rotatable bonds is 3. The molecule has 0 aromatic rings. The van der Waals surface area contributed by atoms with Crippen molar-refractivity contribution in [1.82, 2.24) is 10.2 Å². The Hall–Kier alpha value is -0.570. The van der Waals surface area contributed by atoms with E-state index in [1.165, 1.54) is 32.1 Å². The van der Waals surface area contributed by atoms with Crippen molar-refractivity contribution in [2.24, 2.45) is 23.7 Å². The van der Waals surface area contributed by atoms with Crippen LogP contribution in [0.2, 0.25) is 0 Å². The fourth-order valence-corrected chi connectivity index (χ4v) is 5.16. The minimum Gasteiger partial charge on any atom is -0.341 e. The minimum absolute atomic E-state index is 0.0144. The van der Waals surface area contributed by atoms with Gasteiger partial charge in [-0.2, -0.15) is 0 Å². The van der Waals surface area contributed by atoms with Crippen molar-refractivity contribution in [3.05, 3.63) is 0 Å². The Morgan fingerprint density at radius 1 is 1.05 bits per heavy atom. The molecule has 0 atom stereocenters. The average Bonchev–Trinajstić information content (AvgIpc) is 2.33. The van der Waals surface area contributed by atoms with Gasteiger partial charge in [0.1, 0.15) is 0 Å². The van der Waals surface area contributed by atoms with E-state index in [9.17, 15) is 4.79 Å². The Morgan fingerprint density at radius 2 is 1.55 bits per heavy atom. The third-order valence-corrected chi connectivity index (χ3v) is 5.79. The van der Waals surface area contributed by atoms with Crippen LogP contribution in [0, 0.1) is 23.7 Å². The topological polar surface area (TPSA) is 32.3 Å². The lowest BCUT2D eigenvalue weighted by atomic mass is 9.54. The molecular formula is C17H30N2O. The highest BCUT2D eigenvalue weighted by Crippen LogP contribution is 2.54. The highest BCUT2D eigenvalue weighted by atomic mass is 16.2. The Bertz CT molecular complexity index is 357. The van der Waals surface area contributed by atoms with Gasteiger partial charge < -0.3 is 10.2 Å². The van der Waals surface area contributed by atoms with E-state index in [1.54, 1.807) is 0 Å². The largest absolute Gasteiger partial charge is 0.341 e. The maximum atomic E-state index is 12.5. The Kier molecular flexibility index (Phi) is 3.60. The standard InChI is InChI=1S/C17H30N2O/c1-17(2,3)18-10-15(20)19(4)16-13-6-11-5-12(8-13)9-14(16)7-11/h11-14,16,18H,5-10H2,1-4H3. The van der Waals surface area contributed by atoms with Gasteiger partial charge in [0, 0.05) is 18.6 Å². The maximum absolute atomic E-state index is 12.5. The van der Waals surface area contributed by atoms with Gasteiger partial charge in [-0.15, -0.1) is 0 Å². The average molecular weight is 278 g/mol. The third kappa shape index (κ3) is 2.74. The molecule has 0 saturated heterocycles. The van der Waals surface area contributed by atoms with E-state index < -0.39 is 0 Å².